The molecule has 0 aliphatic carbocycles. The van der Waals surface area contributed by atoms with Gasteiger partial charge in [-0.1, -0.05) is 0 Å². The summed E-state index contributed by atoms with van der Waals surface area (Å²) in [4.78, 5) is 24.1. The maximum Gasteiger partial charge on any atom is 0.374 e. The summed E-state index contributed by atoms with van der Waals surface area (Å²) in [5.74, 6) is -2.97. The summed E-state index contributed by atoms with van der Waals surface area (Å²) in [5.41, 5.74) is 0. The van der Waals surface area contributed by atoms with Crippen molar-refractivity contribution < 1.29 is 46.5 Å². The lowest BCUT2D eigenvalue weighted by atomic mass is 9.94. The maximum atomic E-state index is 13.7. The van der Waals surface area contributed by atoms with Crippen LogP contribution in [0, 0.1) is 11.3 Å². The fourth-order valence-electron chi connectivity index (χ4n) is 4.12. The zero-order valence-electron chi connectivity index (χ0n) is 23.9. The Kier molecular flexibility index (Phi) is 15.5. The molecule has 1 fully saturated rings. The van der Waals surface area contributed by atoms with Gasteiger partial charge in [-0.25, -0.2) is 4.67 Å². The lowest BCUT2D eigenvalue weighted by Gasteiger charge is -2.37. The Morgan fingerprint density at radius 2 is 1.66 bits per heavy atom. The number of hydrogen-bond donors (Lipinski definition) is 0. The fourth-order valence-corrected chi connectivity index (χ4v) is 7.90. The van der Waals surface area contributed by atoms with Crippen LogP contribution in [0.2, 0.25) is 0 Å². The van der Waals surface area contributed by atoms with Crippen LogP contribution in [0.4, 0.5) is 0 Å². The van der Waals surface area contributed by atoms with E-state index in [1.807, 2.05) is 27.7 Å². The number of hydrogen-bond acceptors (Lipinski definition) is 12. The summed E-state index contributed by atoms with van der Waals surface area (Å²) in [5, 5.41) is 8.97. The van der Waals surface area contributed by atoms with Gasteiger partial charge in [-0.05, 0) is 41.5 Å². The smallest absolute Gasteiger partial charge is 0.374 e. The van der Waals surface area contributed by atoms with Crippen molar-refractivity contribution in [3.63, 3.8) is 0 Å². The average molecular weight is 580 g/mol. The molecule has 218 valence electrons. The first-order chi connectivity index (χ1) is 17.8. The van der Waals surface area contributed by atoms with Gasteiger partial charge in [-0.2, -0.15) is 5.26 Å². The second-order valence-electron chi connectivity index (χ2n) is 9.26. The number of rotatable bonds is 17. The van der Waals surface area contributed by atoms with Crippen LogP contribution in [0.15, 0.2) is 0 Å². The summed E-state index contributed by atoms with van der Waals surface area (Å²) >= 11 is 0. The summed E-state index contributed by atoms with van der Waals surface area (Å²) in [7, 11) is -3.84. The number of carbonyl (C=O) groups excluding carboxylic acids is 2. The quantitative estimate of drug-likeness (QED) is 0.108. The van der Waals surface area contributed by atoms with Crippen molar-refractivity contribution in [2.24, 2.45) is 0 Å². The molecule has 1 aliphatic heterocycles. The van der Waals surface area contributed by atoms with Crippen LogP contribution >= 0.6 is 16.1 Å². The molecule has 1 rings (SSSR count). The maximum absolute atomic E-state index is 13.7. The Labute approximate surface area is 228 Å². The molecule has 12 nitrogen and oxygen atoms in total. The lowest BCUT2D eigenvalue weighted by Crippen LogP contribution is -2.44. The van der Waals surface area contributed by atoms with Gasteiger partial charge in [0.25, 0.3) is 8.53 Å². The molecule has 0 saturated carbocycles. The highest BCUT2D eigenvalue weighted by molar-refractivity contribution is 7.54. The molecule has 0 spiro atoms. The van der Waals surface area contributed by atoms with Crippen LogP contribution in [0.1, 0.15) is 68.2 Å². The third-order valence-corrected chi connectivity index (χ3v) is 9.85. The molecular weight excluding hydrogens is 537 g/mol. The minimum atomic E-state index is -4.08. The van der Waals surface area contributed by atoms with Crippen molar-refractivity contribution in [2.75, 3.05) is 19.8 Å². The molecule has 1 aliphatic rings. The third-order valence-electron chi connectivity index (χ3n) is 5.43. The van der Waals surface area contributed by atoms with Crippen LogP contribution in [0.3, 0.4) is 0 Å². The Balaban J connectivity index is 3.33. The molecular formula is C23H43BN2O10P2. The predicted octanol–water partition coefficient (Wildman–Crippen LogP) is 3.48. The summed E-state index contributed by atoms with van der Waals surface area (Å²) < 4.78 is 56.2. The van der Waals surface area contributed by atoms with E-state index in [0.29, 0.717) is 0 Å². The number of carbonyl (C=O) groups is 2. The molecule has 0 aromatic rings. The van der Waals surface area contributed by atoms with Gasteiger partial charge in [0.2, 0.25) is 5.85 Å². The topological polar surface area (TPSA) is 143 Å². The standard InChI is InChI=1S/C23H43BN2O10P2/c1-9-31-38(29,32-10-2)23(34-18(8)28)21(33-17(7)27)19-14-20(22(24)35-19)36-37(30-13-11-12-25)26(15(3)4)16(5)6/h15-16,19-23H,9-11,13-14,24H2,1-8H3/t19-,20?,21?,22+,23?,37?/m0/s1. The molecule has 6 atom stereocenters. The van der Waals surface area contributed by atoms with Gasteiger partial charge in [0.05, 0.1) is 44.4 Å². The Bertz CT molecular complexity index is 826. The van der Waals surface area contributed by atoms with E-state index in [1.54, 1.807) is 21.7 Å². The molecule has 0 amide bonds. The van der Waals surface area contributed by atoms with E-state index in [9.17, 15) is 14.2 Å². The van der Waals surface area contributed by atoms with E-state index >= 15 is 0 Å². The molecule has 38 heavy (non-hydrogen) atoms. The second-order valence-corrected chi connectivity index (χ2v) is 12.8. The zero-order chi connectivity index (χ0) is 29.0. The van der Waals surface area contributed by atoms with E-state index < -0.39 is 58.2 Å². The lowest BCUT2D eigenvalue weighted by molar-refractivity contribution is -0.170. The number of esters is 2. The minimum absolute atomic E-state index is 0.0140. The molecule has 0 aromatic heterocycles. The van der Waals surface area contributed by atoms with Crippen LogP contribution in [-0.2, 0) is 46.5 Å². The monoisotopic (exact) mass is 580 g/mol. The summed E-state index contributed by atoms with van der Waals surface area (Å²) in [6.45, 7) is 14.0. The molecule has 1 heterocycles. The predicted molar refractivity (Wildman–Crippen MR) is 144 cm³/mol. The Morgan fingerprint density at radius 1 is 1.11 bits per heavy atom. The minimum Gasteiger partial charge on any atom is -0.455 e. The summed E-state index contributed by atoms with van der Waals surface area (Å²) in [6.07, 6.45) is -2.19. The van der Waals surface area contributed by atoms with Gasteiger partial charge in [-0.15, -0.1) is 0 Å². The van der Waals surface area contributed by atoms with Crippen molar-refractivity contribution >= 4 is 35.9 Å². The number of nitriles is 1. The molecule has 1 saturated heterocycles. The van der Waals surface area contributed by atoms with E-state index in [0.717, 1.165) is 6.92 Å². The van der Waals surface area contributed by atoms with Gasteiger partial charge >= 0.3 is 19.5 Å². The van der Waals surface area contributed by atoms with E-state index in [2.05, 4.69) is 10.7 Å². The van der Waals surface area contributed by atoms with Gasteiger partial charge in [0.15, 0.2) is 6.10 Å². The molecule has 0 N–H and O–H groups in total. The number of nitrogens with zero attached hydrogens (tertiary/aromatic N) is 2. The fraction of sp³-hybridized carbons (Fsp3) is 0.870. The Morgan fingerprint density at radius 3 is 2.11 bits per heavy atom. The second kappa shape index (κ2) is 16.9. The third kappa shape index (κ3) is 10.5. The van der Waals surface area contributed by atoms with Crippen LogP contribution in [0.25, 0.3) is 0 Å². The van der Waals surface area contributed by atoms with Crippen LogP contribution < -0.4 is 0 Å². The normalized spacial score (nSPS) is 22.3. The van der Waals surface area contributed by atoms with E-state index in [1.165, 1.54) is 6.92 Å². The highest BCUT2D eigenvalue weighted by Gasteiger charge is 2.53. The van der Waals surface area contributed by atoms with E-state index in [4.69, 9.17) is 37.6 Å². The van der Waals surface area contributed by atoms with Crippen molar-refractivity contribution in [2.45, 2.75) is 110 Å². The van der Waals surface area contributed by atoms with Crippen molar-refractivity contribution in [1.82, 2.24) is 4.67 Å². The highest BCUT2D eigenvalue weighted by atomic mass is 31.2. The SMILES string of the molecule is B[C@@H]1O[C@H](C(OC(C)=O)C(OC(C)=O)P(=O)(OCC)OCC)CC1OP(OCCC#N)N(C(C)C)C(C)C. The van der Waals surface area contributed by atoms with Crippen molar-refractivity contribution in [3.8, 4) is 6.07 Å². The van der Waals surface area contributed by atoms with Gasteiger partial charge < -0.3 is 32.3 Å². The largest absolute Gasteiger partial charge is 0.455 e. The van der Waals surface area contributed by atoms with Gasteiger partial charge in [0.1, 0.15) is 14.0 Å². The van der Waals surface area contributed by atoms with Gasteiger partial charge in [0, 0.05) is 32.4 Å². The van der Waals surface area contributed by atoms with Gasteiger partial charge in [-0.3, -0.25) is 14.2 Å². The highest BCUT2D eigenvalue weighted by Crippen LogP contribution is 2.57. The Hall–Kier alpha value is -1.09. The molecule has 0 radical (unpaired) electrons. The van der Waals surface area contributed by atoms with Crippen molar-refractivity contribution in [3.05, 3.63) is 0 Å². The molecule has 4 unspecified atom stereocenters. The first kappa shape index (κ1) is 34.9. The van der Waals surface area contributed by atoms with E-state index in [-0.39, 0.29) is 44.7 Å². The zero-order valence-corrected chi connectivity index (χ0v) is 25.7. The average Bonchev–Trinajstić information content (AvgIpc) is 3.15. The van der Waals surface area contributed by atoms with Crippen LogP contribution in [-0.4, -0.2) is 86.5 Å². The first-order valence-corrected chi connectivity index (χ1v) is 15.7. The molecule has 0 aromatic carbocycles. The van der Waals surface area contributed by atoms with Crippen LogP contribution in [0.5, 0.6) is 0 Å². The summed E-state index contributed by atoms with van der Waals surface area (Å²) in [6, 6.07) is 1.80. The van der Waals surface area contributed by atoms with Crippen molar-refractivity contribution in [1.29, 1.82) is 5.26 Å². The molecule has 15 heteroatoms. The number of ether oxygens (including phenoxy) is 3. The first-order valence-electron chi connectivity index (χ1n) is 12.9. The molecule has 0 bridgehead atoms.